The molecule has 0 unspecified atom stereocenters. The summed E-state index contributed by atoms with van der Waals surface area (Å²) in [6.07, 6.45) is 2.78. The number of aryl methyl sites for hydroxylation is 1. The highest BCUT2D eigenvalue weighted by Crippen LogP contribution is 2.19. The van der Waals surface area contributed by atoms with Crippen LogP contribution in [0.5, 0.6) is 5.75 Å². The molecule has 0 amide bonds. The second-order valence-electron chi connectivity index (χ2n) is 5.32. The number of cyclic esters (lactones) is 1. The Labute approximate surface area is 139 Å². The van der Waals surface area contributed by atoms with Crippen molar-refractivity contribution in [1.29, 1.82) is 0 Å². The summed E-state index contributed by atoms with van der Waals surface area (Å²) in [5.74, 6) is 0.395. The SMILES string of the molecule is COc1ccc(/C=C2/N=C(CCc3ccc(F)cc3)OC2=O)cc1. The monoisotopic (exact) mass is 325 g/mol. The number of aliphatic imine (C=N–C) groups is 1. The molecule has 0 bridgehead atoms. The highest BCUT2D eigenvalue weighted by Gasteiger charge is 2.22. The fraction of sp³-hybridized carbons (Fsp3) is 0.158. The van der Waals surface area contributed by atoms with Gasteiger partial charge < -0.3 is 9.47 Å². The van der Waals surface area contributed by atoms with Gasteiger partial charge in [-0.25, -0.2) is 14.2 Å². The molecule has 0 radical (unpaired) electrons. The van der Waals surface area contributed by atoms with Crippen molar-refractivity contribution in [3.8, 4) is 5.75 Å². The zero-order valence-electron chi connectivity index (χ0n) is 13.2. The van der Waals surface area contributed by atoms with Crippen LogP contribution in [-0.4, -0.2) is 19.0 Å². The van der Waals surface area contributed by atoms with Gasteiger partial charge in [0.25, 0.3) is 0 Å². The van der Waals surface area contributed by atoms with E-state index in [0.29, 0.717) is 18.7 Å². The molecule has 0 saturated carbocycles. The Balaban J connectivity index is 1.67. The first-order valence-electron chi connectivity index (χ1n) is 7.54. The van der Waals surface area contributed by atoms with E-state index < -0.39 is 5.97 Å². The van der Waals surface area contributed by atoms with Crippen LogP contribution in [0.25, 0.3) is 6.08 Å². The Morgan fingerprint density at radius 1 is 1.08 bits per heavy atom. The van der Waals surface area contributed by atoms with Crippen LogP contribution in [-0.2, 0) is 16.0 Å². The summed E-state index contributed by atoms with van der Waals surface area (Å²) in [5.41, 5.74) is 2.07. The van der Waals surface area contributed by atoms with Crippen molar-refractivity contribution in [3.63, 3.8) is 0 Å². The second kappa shape index (κ2) is 7.08. The lowest BCUT2D eigenvalue weighted by Crippen LogP contribution is -2.05. The molecule has 0 fully saturated rings. The van der Waals surface area contributed by atoms with E-state index in [1.54, 1.807) is 25.3 Å². The number of halogens is 1. The minimum atomic E-state index is -0.458. The normalized spacial score (nSPS) is 15.3. The number of nitrogens with zero attached hydrogens (tertiary/aromatic N) is 1. The summed E-state index contributed by atoms with van der Waals surface area (Å²) >= 11 is 0. The molecule has 0 aromatic heterocycles. The molecule has 1 heterocycles. The number of benzene rings is 2. The summed E-state index contributed by atoms with van der Waals surface area (Å²) in [7, 11) is 1.60. The van der Waals surface area contributed by atoms with Crippen LogP contribution in [0.2, 0.25) is 0 Å². The molecule has 0 saturated heterocycles. The van der Waals surface area contributed by atoms with Gasteiger partial charge in [-0.3, -0.25) is 0 Å². The van der Waals surface area contributed by atoms with Crippen LogP contribution >= 0.6 is 0 Å². The van der Waals surface area contributed by atoms with Crippen molar-refractivity contribution in [2.75, 3.05) is 7.11 Å². The average molecular weight is 325 g/mol. The van der Waals surface area contributed by atoms with Crippen LogP contribution in [0, 0.1) is 5.82 Å². The number of esters is 1. The molecule has 24 heavy (non-hydrogen) atoms. The maximum Gasteiger partial charge on any atom is 0.363 e. The minimum Gasteiger partial charge on any atom is -0.497 e. The molecule has 1 aliphatic rings. The lowest BCUT2D eigenvalue weighted by Gasteiger charge is -2.00. The fourth-order valence-electron chi connectivity index (χ4n) is 2.32. The maximum absolute atomic E-state index is 12.9. The summed E-state index contributed by atoms with van der Waals surface area (Å²) < 4.78 is 23.2. The molecule has 4 nitrogen and oxygen atoms in total. The first kappa shape index (κ1) is 15.9. The molecular weight excluding hydrogens is 309 g/mol. The summed E-state index contributed by atoms with van der Waals surface area (Å²) in [6, 6.07) is 13.5. The molecule has 2 aromatic rings. The Bertz CT molecular complexity index is 792. The van der Waals surface area contributed by atoms with E-state index in [0.717, 1.165) is 16.9 Å². The molecule has 1 aliphatic heterocycles. The van der Waals surface area contributed by atoms with Crippen molar-refractivity contribution >= 4 is 17.9 Å². The number of carbonyl (C=O) groups is 1. The van der Waals surface area contributed by atoms with Gasteiger partial charge in [0.15, 0.2) is 11.6 Å². The van der Waals surface area contributed by atoms with Gasteiger partial charge in [-0.15, -0.1) is 0 Å². The van der Waals surface area contributed by atoms with E-state index in [4.69, 9.17) is 9.47 Å². The van der Waals surface area contributed by atoms with E-state index in [1.807, 2.05) is 24.3 Å². The fourth-order valence-corrected chi connectivity index (χ4v) is 2.32. The predicted molar refractivity (Wildman–Crippen MR) is 89.2 cm³/mol. The number of hydrogen-bond acceptors (Lipinski definition) is 4. The quantitative estimate of drug-likeness (QED) is 0.621. The second-order valence-corrected chi connectivity index (χ2v) is 5.32. The molecule has 2 aromatic carbocycles. The zero-order valence-corrected chi connectivity index (χ0v) is 13.2. The van der Waals surface area contributed by atoms with Crippen LogP contribution < -0.4 is 4.74 Å². The third-order valence-electron chi connectivity index (χ3n) is 3.62. The van der Waals surface area contributed by atoms with Gasteiger partial charge in [0.05, 0.1) is 7.11 Å². The van der Waals surface area contributed by atoms with Gasteiger partial charge in [0.1, 0.15) is 11.6 Å². The smallest absolute Gasteiger partial charge is 0.363 e. The number of hydrogen-bond donors (Lipinski definition) is 0. The highest BCUT2D eigenvalue weighted by molar-refractivity contribution is 6.07. The van der Waals surface area contributed by atoms with Gasteiger partial charge in [0, 0.05) is 6.42 Å². The van der Waals surface area contributed by atoms with Crippen LogP contribution in [0.15, 0.2) is 59.2 Å². The highest BCUT2D eigenvalue weighted by atomic mass is 19.1. The predicted octanol–water partition coefficient (Wildman–Crippen LogP) is 3.76. The Morgan fingerprint density at radius 2 is 1.79 bits per heavy atom. The molecule has 0 spiro atoms. The molecule has 0 aliphatic carbocycles. The Hall–Kier alpha value is -2.95. The number of carbonyl (C=O) groups excluding carboxylic acids is 1. The van der Waals surface area contributed by atoms with Gasteiger partial charge >= 0.3 is 5.97 Å². The van der Waals surface area contributed by atoms with Crippen LogP contribution in [0.3, 0.4) is 0 Å². The number of ether oxygens (including phenoxy) is 2. The summed E-state index contributed by atoms with van der Waals surface area (Å²) in [4.78, 5) is 16.1. The lowest BCUT2D eigenvalue weighted by atomic mass is 10.1. The van der Waals surface area contributed by atoms with Crippen molar-refractivity contribution in [2.45, 2.75) is 12.8 Å². The number of rotatable bonds is 5. The molecule has 3 rings (SSSR count). The molecule has 122 valence electrons. The first-order valence-corrected chi connectivity index (χ1v) is 7.54. The van der Waals surface area contributed by atoms with Crippen molar-refractivity contribution in [1.82, 2.24) is 0 Å². The van der Waals surface area contributed by atoms with Crippen LogP contribution in [0.4, 0.5) is 4.39 Å². The van der Waals surface area contributed by atoms with E-state index in [2.05, 4.69) is 4.99 Å². The Kier molecular flexibility index (Phi) is 4.70. The van der Waals surface area contributed by atoms with E-state index in [1.165, 1.54) is 12.1 Å². The molecule has 0 N–H and O–H groups in total. The summed E-state index contributed by atoms with van der Waals surface area (Å²) in [5, 5.41) is 0. The third kappa shape index (κ3) is 3.87. The standard InChI is InChI=1S/C19H16FNO3/c1-23-16-9-4-14(5-10-16)12-17-19(22)24-18(21-17)11-6-13-2-7-15(20)8-3-13/h2-5,7-10,12H,6,11H2,1H3/b17-12+. The first-order chi connectivity index (χ1) is 11.6. The molecular formula is C19H16FNO3. The largest absolute Gasteiger partial charge is 0.497 e. The van der Waals surface area contributed by atoms with Gasteiger partial charge in [-0.05, 0) is 47.9 Å². The number of methoxy groups -OCH3 is 1. The molecule has 0 atom stereocenters. The average Bonchev–Trinajstić information content (AvgIpc) is 2.95. The minimum absolute atomic E-state index is 0.270. The Morgan fingerprint density at radius 3 is 2.46 bits per heavy atom. The zero-order chi connectivity index (χ0) is 16.9. The lowest BCUT2D eigenvalue weighted by molar-refractivity contribution is -0.130. The molecule has 5 heteroatoms. The van der Waals surface area contributed by atoms with Gasteiger partial charge in [0.2, 0.25) is 0 Å². The maximum atomic E-state index is 12.9. The van der Waals surface area contributed by atoms with Crippen molar-refractivity contribution in [2.24, 2.45) is 4.99 Å². The van der Waals surface area contributed by atoms with E-state index >= 15 is 0 Å². The van der Waals surface area contributed by atoms with Gasteiger partial charge in [-0.2, -0.15) is 0 Å². The van der Waals surface area contributed by atoms with Crippen molar-refractivity contribution < 1.29 is 18.7 Å². The van der Waals surface area contributed by atoms with Gasteiger partial charge in [-0.1, -0.05) is 24.3 Å². The topological polar surface area (TPSA) is 47.9 Å². The third-order valence-corrected chi connectivity index (χ3v) is 3.62. The summed E-state index contributed by atoms with van der Waals surface area (Å²) in [6.45, 7) is 0. The van der Waals surface area contributed by atoms with Crippen LogP contribution in [0.1, 0.15) is 17.5 Å². The van der Waals surface area contributed by atoms with E-state index in [9.17, 15) is 9.18 Å². The van der Waals surface area contributed by atoms with Crippen molar-refractivity contribution in [3.05, 3.63) is 71.2 Å². The van der Waals surface area contributed by atoms with E-state index in [-0.39, 0.29) is 11.5 Å².